The Hall–Kier alpha value is -3.09. The molecule has 3 aromatic rings. The highest BCUT2D eigenvalue weighted by Gasteiger charge is 2.15. The van der Waals surface area contributed by atoms with Crippen LogP contribution in [0.4, 0.5) is 11.4 Å². The van der Waals surface area contributed by atoms with Crippen molar-refractivity contribution in [3.8, 4) is 11.3 Å². The molecule has 0 bridgehead atoms. The first kappa shape index (κ1) is 21.2. The van der Waals surface area contributed by atoms with Gasteiger partial charge >= 0.3 is 0 Å². The molecular formula is C24H22ClN3O2S. The van der Waals surface area contributed by atoms with Crippen molar-refractivity contribution in [3.05, 3.63) is 77.5 Å². The first-order valence-electron chi connectivity index (χ1n) is 10.1. The number of hydrogen-bond donors (Lipinski definition) is 2. The first-order chi connectivity index (χ1) is 15.1. The van der Waals surface area contributed by atoms with Gasteiger partial charge in [0.1, 0.15) is 11.5 Å². The summed E-state index contributed by atoms with van der Waals surface area (Å²) in [6, 6.07) is 19.1. The molecule has 1 aromatic heterocycles. The van der Waals surface area contributed by atoms with Gasteiger partial charge in [-0.1, -0.05) is 41.9 Å². The molecule has 4 rings (SSSR count). The zero-order valence-corrected chi connectivity index (χ0v) is 18.4. The van der Waals surface area contributed by atoms with Crippen molar-refractivity contribution in [1.82, 2.24) is 5.32 Å². The molecule has 0 unspecified atom stereocenters. The zero-order chi connectivity index (χ0) is 21.6. The van der Waals surface area contributed by atoms with E-state index in [1.807, 2.05) is 60.7 Å². The highest BCUT2D eigenvalue weighted by Crippen LogP contribution is 2.31. The minimum atomic E-state index is -0.352. The molecule has 0 radical (unpaired) electrons. The average Bonchev–Trinajstić information content (AvgIpc) is 3.45. The van der Waals surface area contributed by atoms with E-state index < -0.39 is 0 Å². The smallest absolute Gasteiger partial charge is 0.250 e. The number of thiocarbonyl (C=S) groups is 1. The predicted octanol–water partition coefficient (Wildman–Crippen LogP) is 5.73. The minimum Gasteiger partial charge on any atom is -0.457 e. The summed E-state index contributed by atoms with van der Waals surface area (Å²) in [5.74, 6) is 0.971. The topological polar surface area (TPSA) is 57.5 Å². The van der Waals surface area contributed by atoms with Crippen LogP contribution in [0.1, 0.15) is 18.6 Å². The van der Waals surface area contributed by atoms with Crippen LogP contribution < -0.4 is 15.5 Å². The standard InChI is InChI=1S/C24H22ClN3O2S/c25-20-16-18(8-11-21(20)28-14-4-5-15-28)26-24(31)27-23(29)13-10-19-9-12-22(30-19)17-6-2-1-3-7-17/h1-3,6-13,16H,4-5,14-15H2,(H2,26,27,29,31)/b13-10+. The number of carbonyl (C=O) groups is 1. The molecule has 0 spiro atoms. The van der Waals surface area contributed by atoms with Crippen molar-refractivity contribution < 1.29 is 9.21 Å². The number of rotatable bonds is 5. The van der Waals surface area contributed by atoms with E-state index in [1.165, 1.54) is 18.9 Å². The molecule has 7 heteroatoms. The van der Waals surface area contributed by atoms with Gasteiger partial charge in [0.05, 0.1) is 10.7 Å². The number of nitrogens with one attached hydrogen (secondary N) is 2. The summed E-state index contributed by atoms with van der Waals surface area (Å²) in [5.41, 5.74) is 2.73. The van der Waals surface area contributed by atoms with Crippen LogP contribution in [-0.2, 0) is 4.79 Å². The second kappa shape index (κ2) is 9.81. The fraction of sp³-hybridized carbons (Fsp3) is 0.167. The average molecular weight is 452 g/mol. The van der Waals surface area contributed by atoms with Gasteiger partial charge in [0, 0.05) is 30.4 Å². The number of anilines is 2. The molecule has 0 atom stereocenters. The molecule has 1 saturated heterocycles. The zero-order valence-electron chi connectivity index (χ0n) is 16.8. The van der Waals surface area contributed by atoms with E-state index in [1.54, 1.807) is 6.08 Å². The third kappa shape index (κ3) is 5.54. The maximum absolute atomic E-state index is 12.2. The normalized spacial score (nSPS) is 13.5. The fourth-order valence-corrected chi connectivity index (χ4v) is 3.99. The van der Waals surface area contributed by atoms with Crippen LogP contribution in [0.2, 0.25) is 5.02 Å². The monoisotopic (exact) mass is 451 g/mol. The number of carbonyl (C=O) groups excluding carboxylic acids is 1. The second-order valence-electron chi connectivity index (χ2n) is 7.21. The van der Waals surface area contributed by atoms with Gasteiger partial charge < -0.3 is 14.6 Å². The summed E-state index contributed by atoms with van der Waals surface area (Å²) in [5, 5.41) is 6.48. The molecule has 158 valence electrons. The lowest BCUT2D eigenvalue weighted by molar-refractivity contribution is -0.115. The van der Waals surface area contributed by atoms with E-state index in [4.69, 9.17) is 28.2 Å². The largest absolute Gasteiger partial charge is 0.457 e. The molecule has 31 heavy (non-hydrogen) atoms. The van der Waals surface area contributed by atoms with Crippen LogP contribution in [0.15, 0.2) is 71.2 Å². The summed E-state index contributed by atoms with van der Waals surface area (Å²) >= 11 is 11.7. The second-order valence-corrected chi connectivity index (χ2v) is 8.02. The SMILES string of the molecule is O=C(/C=C/c1ccc(-c2ccccc2)o1)NC(=S)Nc1ccc(N2CCCC2)c(Cl)c1. The Morgan fingerprint density at radius 3 is 2.58 bits per heavy atom. The fourth-order valence-electron chi connectivity index (χ4n) is 3.47. The Morgan fingerprint density at radius 2 is 1.84 bits per heavy atom. The lowest BCUT2D eigenvalue weighted by atomic mass is 10.2. The van der Waals surface area contributed by atoms with Gasteiger partial charge in [-0.05, 0) is 61.5 Å². The van der Waals surface area contributed by atoms with E-state index in [0.29, 0.717) is 10.8 Å². The van der Waals surface area contributed by atoms with Gasteiger partial charge in [-0.15, -0.1) is 0 Å². The molecular weight excluding hydrogens is 430 g/mol. The van der Waals surface area contributed by atoms with Crippen molar-refractivity contribution in [2.45, 2.75) is 12.8 Å². The van der Waals surface area contributed by atoms with Crippen LogP contribution in [0.25, 0.3) is 17.4 Å². The van der Waals surface area contributed by atoms with Gasteiger partial charge in [0.2, 0.25) is 5.91 Å². The number of benzene rings is 2. The van der Waals surface area contributed by atoms with Crippen molar-refractivity contribution in [2.75, 3.05) is 23.3 Å². The molecule has 0 aliphatic carbocycles. The van der Waals surface area contributed by atoms with E-state index in [9.17, 15) is 4.79 Å². The summed E-state index contributed by atoms with van der Waals surface area (Å²) in [4.78, 5) is 14.5. The van der Waals surface area contributed by atoms with Crippen molar-refractivity contribution in [3.63, 3.8) is 0 Å². The maximum Gasteiger partial charge on any atom is 0.250 e. The van der Waals surface area contributed by atoms with Crippen molar-refractivity contribution >= 4 is 52.3 Å². The number of hydrogen-bond acceptors (Lipinski definition) is 4. The Kier molecular flexibility index (Phi) is 6.70. The summed E-state index contributed by atoms with van der Waals surface area (Å²) < 4.78 is 5.75. The number of nitrogens with zero attached hydrogens (tertiary/aromatic N) is 1. The number of amides is 1. The molecule has 2 aromatic carbocycles. The van der Waals surface area contributed by atoms with E-state index >= 15 is 0 Å². The quantitative estimate of drug-likeness (QED) is 0.383. The Bertz CT molecular complexity index is 1110. The van der Waals surface area contributed by atoms with E-state index in [-0.39, 0.29) is 11.0 Å². The molecule has 1 aliphatic rings. The highest BCUT2D eigenvalue weighted by atomic mass is 35.5. The van der Waals surface area contributed by atoms with Crippen LogP contribution in [0.5, 0.6) is 0 Å². The molecule has 2 N–H and O–H groups in total. The lowest BCUT2D eigenvalue weighted by Crippen LogP contribution is -2.32. The lowest BCUT2D eigenvalue weighted by Gasteiger charge is -2.20. The summed E-state index contributed by atoms with van der Waals surface area (Å²) in [6.07, 6.45) is 5.36. The molecule has 1 fully saturated rings. The van der Waals surface area contributed by atoms with Crippen LogP contribution in [-0.4, -0.2) is 24.1 Å². The molecule has 1 aliphatic heterocycles. The molecule has 2 heterocycles. The molecule has 0 saturated carbocycles. The van der Waals surface area contributed by atoms with Gasteiger partial charge in [-0.3, -0.25) is 10.1 Å². The maximum atomic E-state index is 12.2. The summed E-state index contributed by atoms with van der Waals surface area (Å²) in [7, 11) is 0. The third-order valence-electron chi connectivity index (χ3n) is 4.97. The molecule has 5 nitrogen and oxygen atoms in total. The van der Waals surface area contributed by atoms with Crippen LogP contribution in [0.3, 0.4) is 0 Å². The minimum absolute atomic E-state index is 0.198. The van der Waals surface area contributed by atoms with Crippen LogP contribution >= 0.6 is 23.8 Å². The van der Waals surface area contributed by atoms with E-state index in [2.05, 4.69) is 15.5 Å². The first-order valence-corrected chi connectivity index (χ1v) is 10.9. The number of halogens is 1. The van der Waals surface area contributed by atoms with Crippen molar-refractivity contribution in [2.24, 2.45) is 0 Å². The highest BCUT2D eigenvalue weighted by molar-refractivity contribution is 7.80. The predicted molar refractivity (Wildman–Crippen MR) is 130 cm³/mol. The van der Waals surface area contributed by atoms with Gasteiger partial charge in [-0.2, -0.15) is 0 Å². The van der Waals surface area contributed by atoms with Gasteiger partial charge in [0.15, 0.2) is 5.11 Å². The van der Waals surface area contributed by atoms with E-state index in [0.717, 1.165) is 35.8 Å². The summed E-state index contributed by atoms with van der Waals surface area (Å²) in [6.45, 7) is 2.05. The van der Waals surface area contributed by atoms with Crippen molar-refractivity contribution in [1.29, 1.82) is 0 Å². The Labute approximate surface area is 191 Å². The third-order valence-corrected chi connectivity index (χ3v) is 5.48. The van der Waals surface area contributed by atoms with Crippen LogP contribution in [0, 0.1) is 0 Å². The Balaban J connectivity index is 1.31. The molecule has 1 amide bonds. The van der Waals surface area contributed by atoms with Gasteiger partial charge in [-0.25, -0.2) is 0 Å². The van der Waals surface area contributed by atoms with Gasteiger partial charge in [0.25, 0.3) is 0 Å². The number of furan rings is 1. The Morgan fingerprint density at radius 1 is 1.06 bits per heavy atom.